The van der Waals surface area contributed by atoms with Crippen LogP contribution < -0.4 is 5.32 Å². The van der Waals surface area contributed by atoms with E-state index < -0.39 is 17.7 Å². The van der Waals surface area contributed by atoms with Crippen LogP contribution in [0.25, 0.3) is 6.08 Å². The molecule has 1 fully saturated rings. The highest BCUT2D eigenvalue weighted by molar-refractivity contribution is 5.95. The summed E-state index contributed by atoms with van der Waals surface area (Å²) in [7, 11) is 0. The van der Waals surface area contributed by atoms with Crippen LogP contribution in [0.1, 0.15) is 35.7 Å². The number of carboxylic acid groups (broad SMARTS) is 1. The van der Waals surface area contributed by atoms with Crippen molar-refractivity contribution >= 4 is 18.0 Å². The standard InChI is InChI=1S/C15H16FNO3/c1-2-10-8-13(10)17-15(20)11-5-3-9(7-12(11)16)4-6-14(18)19/h3-7,10,13H,2,8H2,1H3,(H,17,20)(H,18,19)/b6-4+. The zero-order valence-corrected chi connectivity index (χ0v) is 11.1. The Morgan fingerprint density at radius 2 is 2.25 bits per heavy atom. The summed E-state index contributed by atoms with van der Waals surface area (Å²) in [6.07, 6.45) is 4.15. The highest BCUT2D eigenvalue weighted by atomic mass is 19.1. The summed E-state index contributed by atoms with van der Waals surface area (Å²) in [5, 5.41) is 11.3. The minimum absolute atomic E-state index is 0.0146. The minimum Gasteiger partial charge on any atom is -0.478 e. The van der Waals surface area contributed by atoms with Gasteiger partial charge in [-0.3, -0.25) is 4.79 Å². The number of carbonyl (C=O) groups is 2. The van der Waals surface area contributed by atoms with E-state index in [1.54, 1.807) is 0 Å². The second kappa shape index (κ2) is 5.86. The zero-order chi connectivity index (χ0) is 14.7. The van der Waals surface area contributed by atoms with Gasteiger partial charge in [0.1, 0.15) is 5.82 Å². The molecule has 106 valence electrons. The van der Waals surface area contributed by atoms with E-state index in [1.807, 2.05) is 0 Å². The smallest absolute Gasteiger partial charge is 0.328 e. The third-order valence-electron chi connectivity index (χ3n) is 3.42. The third kappa shape index (κ3) is 3.44. The fourth-order valence-electron chi connectivity index (χ4n) is 2.11. The molecule has 1 aromatic rings. The average molecular weight is 277 g/mol. The Labute approximate surface area is 116 Å². The lowest BCUT2D eigenvalue weighted by atomic mass is 10.1. The van der Waals surface area contributed by atoms with Gasteiger partial charge in [0.05, 0.1) is 5.56 Å². The predicted molar refractivity (Wildman–Crippen MR) is 72.7 cm³/mol. The quantitative estimate of drug-likeness (QED) is 0.812. The number of amides is 1. The third-order valence-corrected chi connectivity index (χ3v) is 3.42. The second-order valence-electron chi connectivity index (χ2n) is 4.89. The molecule has 5 heteroatoms. The van der Waals surface area contributed by atoms with Gasteiger partial charge >= 0.3 is 5.97 Å². The molecule has 1 saturated carbocycles. The van der Waals surface area contributed by atoms with Crippen LogP contribution in [0.3, 0.4) is 0 Å². The van der Waals surface area contributed by atoms with E-state index in [9.17, 15) is 14.0 Å². The molecule has 0 bridgehead atoms. The van der Waals surface area contributed by atoms with Crippen LogP contribution in [-0.2, 0) is 4.79 Å². The lowest BCUT2D eigenvalue weighted by Gasteiger charge is -2.06. The molecule has 0 aliphatic heterocycles. The summed E-state index contributed by atoms with van der Waals surface area (Å²) < 4.78 is 13.8. The fraction of sp³-hybridized carbons (Fsp3) is 0.333. The first-order valence-electron chi connectivity index (χ1n) is 6.52. The minimum atomic E-state index is -1.11. The van der Waals surface area contributed by atoms with Gasteiger partial charge < -0.3 is 10.4 Å². The Morgan fingerprint density at radius 1 is 1.50 bits per heavy atom. The van der Waals surface area contributed by atoms with E-state index in [1.165, 1.54) is 18.2 Å². The summed E-state index contributed by atoms with van der Waals surface area (Å²) in [4.78, 5) is 22.3. The lowest BCUT2D eigenvalue weighted by Crippen LogP contribution is -2.27. The van der Waals surface area contributed by atoms with Gasteiger partial charge in [0.25, 0.3) is 5.91 Å². The van der Waals surface area contributed by atoms with Crippen LogP contribution in [0.2, 0.25) is 0 Å². The van der Waals surface area contributed by atoms with Crippen LogP contribution in [-0.4, -0.2) is 23.0 Å². The highest BCUT2D eigenvalue weighted by Crippen LogP contribution is 2.33. The first-order chi connectivity index (χ1) is 9.51. The number of rotatable bonds is 5. The highest BCUT2D eigenvalue weighted by Gasteiger charge is 2.36. The number of hydrogen-bond acceptors (Lipinski definition) is 2. The number of carboxylic acids is 1. The molecule has 2 rings (SSSR count). The van der Waals surface area contributed by atoms with Gasteiger partial charge in [-0.25, -0.2) is 9.18 Å². The van der Waals surface area contributed by atoms with Crippen molar-refractivity contribution in [3.63, 3.8) is 0 Å². The molecule has 2 N–H and O–H groups in total. The van der Waals surface area contributed by atoms with Gasteiger partial charge in [0.15, 0.2) is 0 Å². The molecule has 2 atom stereocenters. The van der Waals surface area contributed by atoms with E-state index >= 15 is 0 Å². The van der Waals surface area contributed by atoms with Crippen molar-refractivity contribution in [3.05, 3.63) is 41.2 Å². The zero-order valence-electron chi connectivity index (χ0n) is 11.1. The van der Waals surface area contributed by atoms with Gasteiger partial charge in [0, 0.05) is 12.1 Å². The van der Waals surface area contributed by atoms with Crippen molar-refractivity contribution < 1.29 is 19.1 Å². The summed E-state index contributed by atoms with van der Waals surface area (Å²) in [5.74, 6) is -1.67. The predicted octanol–water partition coefficient (Wildman–Crippen LogP) is 2.45. The summed E-state index contributed by atoms with van der Waals surface area (Å²) in [6.45, 7) is 2.06. The molecule has 0 aromatic heterocycles. The van der Waals surface area contributed by atoms with Gasteiger partial charge in [-0.05, 0) is 36.1 Å². The SMILES string of the molecule is CCC1CC1NC(=O)c1ccc(/C=C/C(=O)O)cc1F. The Balaban J connectivity index is 2.05. The van der Waals surface area contributed by atoms with Gasteiger partial charge in [-0.15, -0.1) is 0 Å². The van der Waals surface area contributed by atoms with E-state index in [4.69, 9.17) is 5.11 Å². The molecule has 1 aromatic carbocycles. The summed E-state index contributed by atoms with van der Waals surface area (Å²) in [5.41, 5.74) is 0.388. The van der Waals surface area contributed by atoms with Crippen molar-refractivity contribution in [3.8, 4) is 0 Å². The Morgan fingerprint density at radius 3 is 2.80 bits per heavy atom. The van der Waals surface area contributed by atoms with E-state index in [0.29, 0.717) is 11.5 Å². The molecule has 1 aliphatic carbocycles. The van der Waals surface area contributed by atoms with Crippen LogP contribution in [0.4, 0.5) is 4.39 Å². The van der Waals surface area contributed by atoms with E-state index in [-0.39, 0.29) is 11.6 Å². The lowest BCUT2D eigenvalue weighted by molar-refractivity contribution is -0.131. The first kappa shape index (κ1) is 14.2. The van der Waals surface area contributed by atoms with Crippen molar-refractivity contribution in [2.45, 2.75) is 25.8 Å². The van der Waals surface area contributed by atoms with Gasteiger partial charge in [0.2, 0.25) is 0 Å². The molecule has 0 saturated heterocycles. The largest absolute Gasteiger partial charge is 0.478 e. The van der Waals surface area contributed by atoms with Crippen LogP contribution in [0, 0.1) is 11.7 Å². The number of hydrogen-bond donors (Lipinski definition) is 2. The summed E-state index contributed by atoms with van der Waals surface area (Å²) in [6, 6.07) is 4.19. The molecule has 1 aliphatic rings. The molecule has 2 unspecified atom stereocenters. The number of halogens is 1. The summed E-state index contributed by atoms with van der Waals surface area (Å²) >= 11 is 0. The monoisotopic (exact) mass is 277 g/mol. The fourth-order valence-corrected chi connectivity index (χ4v) is 2.11. The maximum absolute atomic E-state index is 13.8. The number of aliphatic carboxylic acids is 1. The molecule has 0 spiro atoms. The normalized spacial score (nSPS) is 20.9. The molecule has 4 nitrogen and oxygen atoms in total. The molecular formula is C15H16FNO3. The molecule has 20 heavy (non-hydrogen) atoms. The molecular weight excluding hydrogens is 261 g/mol. The van der Waals surface area contributed by atoms with Crippen molar-refractivity contribution in [1.29, 1.82) is 0 Å². The van der Waals surface area contributed by atoms with Crippen molar-refractivity contribution in [2.24, 2.45) is 5.92 Å². The maximum atomic E-state index is 13.8. The van der Waals surface area contributed by atoms with Gasteiger partial charge in [-0.1, -0.05) is 19.4 Å². The second-order valence-corrected chi connectivity index (χ2v) is 4.89. The maximum Gasteiger partial charge on any atom is 0.328 e. The Hall–Kier alpha value is -2.17. The van der Waals surface area contributed by atoms with E-state index in [0.717, 1.165) is 25.0 Å². The van der Waals surface area contributed by atoms with Gasteiger partial charge in [-0.2, -0.15) is 0 Å². The molecule has 0 heterocycles. The number of benzene rings is 1. The molecule has 1 amide bonds. The molecule has 0 radical (unpaired) electrons. The van der Waals surface area contributed by atoms with E-state index in [2.05, 4.69) is 12.2 Å². The topological polar surface area (TPSA) is 66.4 Å². The van der Waals surface area contributed by atoms with Crippen LogP contribution in [0.15, 0.2) is 24.3 Å². The van der Waals surface area contributed by atoms with Crippen molar-refractivity contribution in [1.82, 2.24) is 5.32 Å². The Kier molecular flexibility index (Phi) is 4.17. The number of nitrogens with one attached hydrogen (secondary N) is 1. The van der Waals surface area contributed by atoms with Crippen LogP contribution >= 0.6 is 0 Å². The Bertz CT molecular complexity index is 568. The van der Waals surface area contributed by atoms with Crippen LogP contribution in [0.5, 0.6) is 0 Å². The first-order valence-corrected chi connectivity index (χ1v) is 6.52. The van der Waals surface area contributed by atoms with Crippen molar-refractivity contribution in [2.75, 3.05) is 0 Å². The average Bonchev–Trinajstić information content (AvgIpc) is 3.14. The number of carbonyl (C=O) groups excluding carboxylic acids is 1.